The number of benzene rings is 2. The molecule has 0 aliphatic carbocycles. The molecule has 0 spiro atoms. The van der Waals surface area contributed by atoms with Gasteiger partial charge in [-0.1, -0.05) is 22.0 Å². The van der Waals surface area contributed by atoms with Crippen LogP contribution in [0.3, 0.4) is 0 Å². The van der Waals surface area contributed by atoms with Crippen molar-refractivity contribution in [3.05, 3.63) is 62.1 Å². The van der Waals surface area contributed by atoms with Gasteiger partial charge in [-0.2, -0.15) is 5.26 Å². The van der Waals surface area contributed by atoms with Crippen LogP contribution in [-0.2, 0) is 4.79 Å². The molecule has 29 heavy (non-hydrogen) atoms. The number of non-ortho nitro benzene ring substituents is 1. The zero-order valence-corrected chi connectivity index (χ0v) is 17.4. The van der Waals surface area contributed by atoms with E-state index in [0.717, 1.165) is 0 Å². The first-order valence-corrected chi connectivity index (χ1v) is 9.45. The van der Waals surface area contributed by atoms with Crippen molar-refractivity contribution in [3.63, 3.8) is 0 Å². The minimum atomic E-state index is -0.688. The Morgan fingerprint density at radius 1 is 1.24 bits per heavy atom. The fraction of sp³-hybridized carbons (Fsp3) is 0.200. The maximum absolute atomic E-state index is 12.5. The predicted octanol–water partition coefficient (Wildman–Crippen LogP) is 4.70. The molecule has 1 amide bonds. The minimum Gasteiger partial charge on any atom is -0.490 e. The Kier molecular flexibility index (Phi) is 7.74. The average molecular weight is 460 g/mol. The van der Waals surface area contributed by atoms with Gasteiger partial charge in [0.1, 0.15) is 11.6 Å². The van der Waals surface area contributed by atoms with E-state index in [0.29, 0.717) is 34.7 Å². The molecule has 2 rings (SSSR count). The number of hydrogen-bond donors (Lipinski definition) is 1. The van der Waals surface area contributed by atoms with Crippen molar-refractivity contribution in [2.75, 3.05) is 18.5 Å². The second-order valence-electron chi connectivity index (χ2n) is 5.62. The van der Waals surface area contributed by atoms with E-state index in [1.165, 1.54) is 30.3 Å². The third-order valence-corrected chi connectivity index (χ3v) is 4.33. The second kappa shape index (κ2) is 10.2. The standard InChI is InChI=1S/C20H18BrN3O5/c1-3-28-18-9-13(17(21)11-19(18)29-4-2)8-14(12-22)20(25)23-15-6-5-7-16(10-15)24(26)27/h5-11H,3-4H2,1-2H3,(H,23,25)/b14-8+. The van der Waals surface area contributed by atoms with E-state index in [1.54, 1.807) is 12.1 Å². The zero-order valence-electron chi connectivity index (χ0n) is 15.8. The quantitative estimate of drug-likeness (QED) is 0.264. The summed E-state index contributed by atoms with van der Waals surface area (Å²) in [5.41, 5.74) is 0.415. The van der Waals surface area contributed by atoms with Crippen molar-refractivity contribution in [2.45, 2.75) is 13.8 Å². The highest BCUT2D eigenvalue weighted by Gasteiger charge is 2.15. The van der Waals surface area contributed by atoms with Crippen molar-refractivity contribution >= 4 is 39.3 Å². The first kappa shape index (κ1) is 21.9. The fourth-order valence-corrected chi connectivity index (χ4v) is 2.83. The molecular formula is C20H18BrN3O5. The van der Waals surface area contributed by atoms with Gasteiger partial charge in [0.25, 0.3) is 11.6 Å². The van der Waals surface area contributed by atoms with E-state index < -0.39 is 10.8 Å². The number of nitriles is 1. The normalized spacial score (nSPS) is 10.8. The number of carbonyl (C=O) groups is 1. The summed E-state index contributed by atoms with van der Waals surface area (Å²) in [5, 5.41) is 22.8. The molecule has 2 aromatic carbocycles. The maximum atomic E-state index is 12.5. The van der Waals surface area contributed by atoms with Gasteiger partial charge in [0.15, 0.2) is 11.5 Å². The number of nitrogens with zero attached hydrogens (tertiary/aromatic N) is 2. The summed E-state index contributed by atoms with van der Waals surface area (Å²) in [6.07, 6.45) is 1.40. The topological polar surface area (TPSA) is 114 Å². The third kappa shape index (κ3) is 5.80. The lowest BCUT2D eigenvalue weighted by Crippen LogP contribution is -2.13. The van der Waals surface area contributed by atoms with E-state index in [9.17, 15) is 20.2 Å². The molecular weight excluding hydrogens is 442 g/mol. The van der Waals surface area contributed by atoms with Crippen LogP contribution < -0.4 is 14.8 Å². The second-order valence-corrected chi connectivity index (χ2v) is 6.47. The van der Waals surface area contributed by atoms with Crippen molar-refractivity contribution in [2.24, 2.45) is 0 Å². The smallest absolute Gasteiger partial charge is 0.271 e. The minimum absolute atomic E-state index is 0.166. The van der Waals surface area contributed by atoms with Crippen LogP contribution in [0.1, 0.15) is 19.4 Å². The maximum Gasteiger partial charge on any atom is 0.271 e. The van der Waals surface area contributed by atoms with Gasteiger partial charge in [-0.25, -0.2) is 0 Å². The van der Waals surface area contributed by atoms with Crippen LogP contribution >= 0.6 is 15.9 Å². The molecule has 0 unspecified atom stereocenters. The Morgan fingerprint density at radius 3 is 2.48 bits per heavy atom. The molecule has 150 valence electrons. The molecule has 0 heterocycles. The first-order chi connectivity index (χ1) is 13.9. The van der Waals surface area contributed by atoms with Gasteiger partial charge in [0, 0.05) is 22.3 Å². The molecule has 0 saturated carbocycles. The van der Waals surface area contributed by atoms with Crippen LogP contribution in [0, 0.1) is 21.4 Å². The molecule has 9 heteroatoms. The van der Waals surface area contributed by atoms with Crippen molar-refractivity contribution in [1.29, 1.82) is 5.26 Å². The highest BCUT2D eigenvalue weighted by Crippen LogP contribution is 2.35. The van der Waals surface area contributed by atoms with Crippen molar-refractivity contribution < 1.29 is 19.2 Å². The summed E-state index contributed by atoms with van der Waals surface area (Å²) in [7, 11) is 0. The van der Waals surface area contributed by atoms with Crippen molar-refractivity contribution in [3.8, 4) is 17.6 Å². The predicted molar refractivity (Wildman–Crippen MR) is 112 cm³/mol. The lowest BCUT2D eigenvalue weighted by Gasteiger charge is -2.13. The van der Waals surface area contributed by atoms with Gasteiger partial charge in [-0.3, -0.25) is 14.9 Å². The summed E-state index contributed by atoms with van der Waals surface area (Å²) in [6, 6.07) is 10.7. The average Bonchev–Trinajstić information content (AvgIpc) is 2.69. The molecule has 0 aromatic heterocycles. The molecule has 1 N–H and O–H groups in total. The van der Waals surface area contributed by atoms with Crippen LogP contribution in [0.15, 0.2) is 46.4 Å². The molecule has 0 aliphatic rings. The van der Waals surface area contributed by atoms with Crippen LogP contribution in [0.2, 0.25) is 0 Å². The molecule has 8 nitrogen and oxygen atoms in total. The van der Waals surface area contributed by atoms with Gasteiger partial charge >= 0.3 is 0 Å². The van der Waals surface area contributed by atoms with Crippen LogP contribution in [0.4, 0.5) is 11.4 Å². The van der Waals surface area contributed by atoms with Crippen LogP contribution in [-0.4, -0.2) is 24.0 Å². The Bertz CT molecular complexity index is 998. The van der Waals surface area contributed by atoms with Gasteiger partial charge in [-0.15, -0.1) is 0 Å². The number of nitro groups is 1. The lowest BCUT2D eigenvalue weighted by molar-refractivity contribution is -0.384. The SMILES string of the molecule is CCOc1cc(Br)c(/C=C(\C#N)C(=O)Nc2cccc([N+](=O)[O-])c2)cc1OCC. The van der Waals surface area contributed by atoms with Gasteiger partial charge in [0.05, 0.1) is 18.1 Å². The largest absolute Gasteiger partial charge is 0.490 e. The number of carbonyl (C=O) groups excluding carboxylic acids is 1. The van der Waals surface area contributed by atoms with Gasteiger partial charge in [-0.05, 0) is 43.7 Å². The van der Waals surface area contributed by atoms with Crippen LogP contribution in [0.25, 0.3) is 6.08 Å². The van der Waals surface area contributed by atoms with E-state index in [-0.39, 0.29) is 16.9 Å². The molecule has 0 aliphatic heterocycles. The lowest BCUT2D eigenvalue weighted by atomic mass is 10.1. The summed E-state index contributed by atoms with van der Waals surface area (Å²) >= 11 is 3.41. The first-order valence-electron chi connectivity index (χ1n) is 8.66. The highest BCUT2D eigenvalue weighted by molar-refractivity contribution is 9.10. The Labute approximate surface area is 176 Å². The van der Waals surface area contributed by atoms with Gasteiger partial charge < -0.3 is 14.8 Å². The number of ether oxygens (including phenoxy) is 2. The number of nitrogens with one attached hydrogen (secondary N) is 1. The summed E-state index contributed by atoms with van der Waals surface area (Å²) < 4.78 is 11.7. The Morgan fingerprint density at radius 2 is 1.90 bits per heavy atom. The number of rotatable bonds is 8. The van der Waals surface area contributed by atoms with Crippen LogP contribution in [0.5, 0.6) is 11.5 Å². The number of nitro benzene ring substituents is 1. The molecule has 2 aromatic rings. The highest BCUT2D eigenvalue weighted by atomic mass is 79.9. The fourth-order valence-electron chi connectivity index (χ4n) is 2.40. The Hall–Kier alpha value is -3.38. The number of anilines is 1. The molecule has 0 atom stereocenters. The van der Waals surface area contributed by atoms with E-state index >= 15 is 0 Å². The molecule has 0 fully saturated rings. The number of hydrogen-bond acceptors (Lipinski definition) is 6. The summed E-state index contributed by atoms with van der Waals surface area (Å²) in [4.78, 5) is 22.8. The molecule has 0 saturated heterocycles. The Balaban J connectivity index is 2.34. The van der Waals surface area contributed by atoms with Crippen molar-refractivity contribution in [1.82, 2.24) is 0 Å². The third-order valence-electron chi connectivity index (χ3n) is 3.64. The summed E-state index contributed by atoms with van der Waals surface area (Å²) in [6.45, 7) is 4.56. The zero-order chi connectivity index (χ0) is 21.4. The summed E-state index contributed by atoms with van der Waals surface area (Å²) in [5.74, 6) is 0.338. The molecule has 0 bridgehead atoms. The van der Waals surface area contributed by atoms with E-state index in [2.05, 4.69) is 21.2 Å². The monoisotopic (exact) mass is 459 g/mol. The van der Waals surface area contributed by atoms with E-state index in [1.807, 2.05) is 19.9 Å². The number of amides is 1. The number of halogens is 1. The molecule has 0 radical (unpaired) electrons. The van der Waals surface area contributed by atoms with Gasteiger partial charge in [0.2, 0.25) is 0 Å². The van der Waals surface area contributed by atoms with E-state index in [4.69, 9.17) is 9.47 Å².